The Morgan fingerprint density at radius 1 is 1.09 bits per heavy atom. The molecule has 0 aromatic heterocycles. The van der Waals surface area contributed by atoms with Gasteiger partial charge in [0.05, 0.1) is 6.10 Å². The molecule has 1 atom stereocenters. The normalized spacial score (nSPS) is 12.7. The van der Waals surface area contributed by atoms with Gasteiger partial charge in [-0.15, -0.1) is 0 Å². The van der Waals surface area contributed by atoms with Crippen LogP contribution in [0.3, 0.4) is 0 Å². The van der Waals surface area contributed by atoms with Crippen molar-refractivity contribution in [3.8, 4) is 5.75 Å². The van der Waals surface area contributed by atoms with Gasteiger partial charge in [0.25, 0.3) is 5.91 Å². The standard InChI is InChI=1S/C18H27NO4/c1-12(2)22-16(20)11-19-17(21)13(3)23-15-9-7-14(8-10-15)18(4,5)6/h7-10,12-13H,11H2,1-6H3,(H,19,21). The van der Waals surface area contributed by atoms with Crippen LogP contribution in [0.15, 0.2) is 24.3 Å². The molecule has 1 aromatic rings. The lowest BCUT2D eigenvalue weighted by Gasteiger charge is -2.20. The Labute approximate surface area is 138 Å². The number of ether oxygens (including phenoxy) is 2. The molecule has 23 heavy (non-hydrogen) atoms. The first-order valence-electron chi connectivity index (χ1n) is 7.84. The van der Waals surface area contributed by atoms with Gasteiger partial charge in [-0.25, -0.2) is 0 Å². The molecule has 1 rings (SSSR count). The predicted molar refractivity (Wildman–Crippen MR) is 89.5 cm³/mol. The molecule has 0 fully saturated rings. The first kappa shape index (κ1) is 19.0. The summed E-state index contributed by atoms with van der Waals surface area (Å²) in [7, 11) is 0. The average molecular weight is 321 g/mol. The predicted octanol–water partition coefficient (Wildman–Crippen LogP) is 2.82. The number of amides is 1. The SMILES string of the molecule is CC(C)OC(=O)CNC(=O)C(C)Oc1ccc(C(C)(C)C)cc1. The number of rotatable bonds is 6. The summed E-state index contributed by atoms with van der Waals surface area (Å²) in [5, 5.41) is 2.50. The highest BCUT2D eigenvalue weighted by molar-refractivity contribution is 5.84. The van der Waals surface area contributed by atoms with Crippen molar-refractivity contribution in [1.82, 2.24) is 5.32 Å². The van der Waals surface area contributed by atoms with Crippen LogP contribution in [-0.4, -0.2) is 30.6 Å². The van der Waals surface area contributed by atoms with Crippen molar-refractivity contribution in [2.45, 2.75) is 59.2 Å². The Bertz CT molecular complexity index is 529. The Balaban J connectivity index is 2.50. The molecule has 0 saturated heterocycles. The van der Waals surface area contributed by atoms with Crippen LogP contribution in [0.5, 0.6) is 5.75 Å². The fourth-order valence-corrected chi connectivity index (χ4v) is 1.90. The molecule has 1 unspecified atom stereocenters. The van der Waals surface area contributed by atoms with Gasteiger partial charge in [0.2, 0.25) is 0 Å². The lowest BCUT2D eigenvalue weighted by molar-refractivity contribution is -0.147. The molecule has 0 aliphatic carbocycles. The summed E-state index contributed by atoms with van der Waals surface area (Å²) >= 11 is 0. The molecule has 5 heteroatoms. The van der Waals surface area contributed by atoms with E-state index in [1.807, 2.05) is 24.3 Å². The van der Waals surface area contributed by atoms with E-state index in [2.05, 4.69) is 26.1 Å². The van der Waals surface area contributed by atoms with E-state index in [0.717, 1.165) is 0 Å². The topological polar surface area (TPSA) is 64.6 Å². The summed E-state index contributed by atoms with van der Waals surface area (Å²) < 4.78 is 10.5. The largest absolute Gasteiger partial charge is 0.481 e. The molecule has 0 saturated carbocycles. The Hall–Kier alpha value is -2.04. The molecule has 0 aliphatic rings. The Morgan fingerprint density at radius 3 is 2.13 bits per heavy atom. The lowest BCUT2D eigenvalue weighted by atomic mass is 9.87. The zero-order chi connectivity index (χ0) is 17.6. The highest BCUT2D eigenvalue weighted by atomic mass is 16.5. The minimum Gasteiger partial charge on any atom is -0.481 e. The van der Waals surface area contributed by atoms with Gasteiger partial charge < -0.3 is 14.8 Å². The van der Waals surface area contributed by atoms with Gasteiger partial charge in [0.1, 0.15) is 12.3 Å². The Morgan fingerprint density at radius 2 is 1.65 bits per heavy atom. The van der Waals surface area contributed by atoms with Gasteiger partial charge in [0, 0.05) is 0 Å². The highest BCUT2D eigenvalue weighted by Crippen LogP contribution is 2.24. The molecule has 1 aromatic carbocycles. The van der Waals surface area contributed by atoms with Crippen LogP contribution >= 0.6 is 0 Å². The van der Waals surface area contributed by atoms with Crippen molar-refractivity contribution < 1.29 is 19.1 Å². The van der Waals surface area contributed by atoms with E-state index >= 15 is 0 Å². The van der Waals surface area contributed by atoms with Crippen molar-refractivity contribution in [2.24, 2.45) is 0 Å². The van der Waals surface area contributed by atoms with Crippen LogP contribution in [-0.2, 0) is 19.7 Å². The van der Waals surface area contributed by atoms with Crippen molar-refractivity contribution >= 4 is 11.9 Å². The molecule has 1 amide bonds. The van der Waals surface area contributed by atoms with Crippen LogP contribution in [0.4, 0.5) is 0 Å². The number of benzene rings is 1. The van der Waals surface area contributed by atoms with Gasteiger partial charge in [-0.05, 0) is 43.9 Å². The number of carbonyl (C=O) groups excluding carboxylic acids is 2. The third-order valence-electron chi connectivity index (χ3n) is 3.18. The number of hydrogen-bond acceptors (Lipinski definition) is 4. The molecule has 1 N–H and O–H groups in total. The summed E-state index contributed by atoms with van der Waals surface area (Å²) in [4.78, 5) is 23.3. The van der Waals surface area contributed by atoms with Crippen LogP contribution in [0.2, 0.25) is 0 Å². The fraction of sp³-hybridized carbons (Fsp3) is 0.556. The number of carbonyl (C=O) groups is 2. The van der Waals surface area contributed by atoms with Crippen molar-refractivity contribution in [1.29, 1.82) is 0 Å². The summed E-state index contributed by atoms with van der Waals surface area (Å²) in [6.07, 6.45) is -0.892. The minimum atomic E-state index is -0.692. The molecule has 0 radical (unpaired) electrons. The fourth-order valence-electron chi connectivity index (χ4n) is 1.90. The Kier molecular flexibility index (Phi) is 6.61. The van der Waals surface area contributed by atoms with Crippen molar-refractivity contribution in [3.05, 3.63) is 29.8 Å². The number of esters is 1. The lowest BCUT2D eigenvalue weighted by Crippen LogP contribution is -2.39. The summed E-state index contributed by atoms with van der Waals surface area (Å²) in [6, 6.07) is 7.66. The summed E-state index contributed by atoms with van der Waals surface area (Å²) in [5.74, 6) is -0.203. The van der Waals surface area contributed by atoms with E-state index in [1.165, 1.54) is 5.56 Å². The monoisotopic (exact) mass is 321 g/mol. The second kappa shape index (κ2) is 7.99. The maximum absolute atomic E-state index is 11.9. The van der Waals surface area contributed by atoms with Gasteiger partial charge in [-0.1, -0.05) is 32.9 Å². The average Bonchev–Trinajstić information content (AvgIpc) is 2.43. The minimum absolute atomic E-state index is 0.0678. The number of hydrogen-bond donors (Lipinski definition) is 1. The van der Waals surface area contributed by atoms with Crippen LogP contribution in [0.25, 0.3) is 0 Å². The maximum Gasteiger partial charge on any atom is 0.325 e. The molecule has 128 valence electrons. The van der Waals surface area contributed by atoms with Crippen molar-refractivity contribution in [2.75, 3.05) is 6.54 Å². The van der Waals surface area contributed by atoms with E-state index in [-0.39, 0.29) is 24.0 Å². The van der Waals surface area contributed by atoms with E-state index in [1.54, 1.807) is 20.8 Å². The molecule has 0 heterocycles. The molecular formula is C18H27NO4. The van der Waals surface area contributed by atoms with Gasteiger partial charge in [0.15, 0.2) is 6.10 Å². The first-order valence-corrected chi connectivity index (χ1v) is 7.84. The van der Waals surface area contributed by atoms with E-state index in [9.17, 15) is 9.59 Å². The molecular weight excluding hydrogens is 294 g/mol. The van der Waals surface area contributed by atoms with Crippen LogP contribution in [0.1, 0.15) is 47.1 Å². The summed E-state index contributed by atoms with van der Waals surface area (Å²) in [6.45, 7) is 11.4. The van der Waals surface area contributed by atoms with Gasteiger partial charge >= 0.3 is 5.97 Å². The molecule has 0 spiro atoms. The third kappa shape index (κ3) is 6.72. The zero-order valence-corrected chi connectivity index (χ0v) is 14.8. The van der Waals surface area contributed by atoms with Crippen LogP contribution < -0.4 is 10.1 Å². The maximum atomic E-state index is 11.9. The second-order valence-electron chi connectivity index (χ2n) is 6.79. The van der Waals surface area contributed by atoms with E-state index < -0.39 is 12.1 Å². The molecule has 0 aliphatic heterocycles. The smallest absolute Gasteiger partial charge is 0.325 e. The van der Waals surface area contributed by atoms with Gasteiger partial charge in [-0.2, -0.15) is 0 Å². The zero-order valence-electron chi connectivity index (χ0n) is 14.8. The third-order valence-corrected chi connectivity index (χ3v) is 3.18. The van der Waals surface area contributed by atoms with Gasteiger partial charge in [-0.3, -0.25) is 9.59 Å². The molecule has 0 bridgehead atoms. The van der Waals surface area contributed by atoms with Crippen molar-refractivity contribution in [3.63, 3.8) is 0 Å². The second-order valence-corrected chi connectivity index (χ2v) is 6.79. The van der Waals surface area contributed by atoms with E-state index in [4.69, 9.17) is 9.47 Å². The molecule has 5 nitrogen and oxygen atoms in total. The van der Waals surface area contributed by atoms with E-state index in [0.29, 0.717) is 5.75 Å². The van der Waals surface area contributed by atoms with Crippen LogP contribution in [0, 0.1) is 0 Å². The quantitative estimate of drug-likeness (QED) is 0.818. The summed E-state index contributed by atoms with van der Waals surface area (Å²) in [5.41, 5.74) is 1.26. The highest BCUT2D eigenvalue weighted by Gasteiger charge is 2.17. The first-order chi connectivity index (χ1) is 10.6. The number of nitrogens with one attached hydrogen (secondary N) is 1.